The molecule has 0 aliphatic carbocycles. The van der Waals surface area contributed by atoms with E-state index in [0.717, 1.165) is 22.2 Å². The van der Waals surface area contributed by atoms with Crippen molar-refractivity contribution in [3.05, 3.63) is 90.8 Å². The Morgan fingerprint density at radius 2 is 1.94 bits per heavy atom. The molecule has 0 saturated heterocycles. The number of rotatable bonds is 7. The summed E-state index contributed by atoms with van der Waals surface area (Å²) in [5.74, 6) is 0.542. The van der Waals surface area contributed by atoms with Gasteiger partial charge in [0.05, 0.1) is 23.9 Å². The summed E-state index contributed by atoms with van der Waals surface area (Å²) < 4.78 is 35.5. The number of H-pyrrole nitrogens is 1. The molecule has 0 amide bonds. The normalized spacial score (nSPS) is 12.0. The van der Waals surface area contributed by atoms with Gasteiger partial charge in [0.25, 0.3) is 0 Å². The number of nitrogens with zero attached hydrogens (tertiary/aromatic N) is 5. The van der Waals surface area contributed by atoms with Crippen molar-refractivity contribution in [3.8, 4) is 11.4 Å². The van der Waals surface area contributed by atoms with Gasteiger partial charge in [0, 0.05) is 29.9 Å². The Balaban J connectivity index is 1.18. The predicted octanol–water partition coefficient (Wildman–Crippen LogP) is 3.49. The number of sulfonamides is 1. The molecule has 6 rings (SSSR count). The summed E-state index contributed by atoms with van der Waals surface area (Å²) in [7, 11) is -3.81. The summed E-state index contributed by atoms with van der Waals surface area (Å²) in [5.41, 5.74) is 4.31. The molecule has 0 atom stereocenters. The quantitative estimate of drug-likeness (QED) is 0.354. The lowest BCUT2D eigenvalue weighted by atomic mass is 10.1. The van der Waals surface area contributed by atoms with Gasteiger partial charge < -0.3 is 14.1 Å². The molecule has 4 heterocycles. The van der Waals surface area contributed by atoms with Crippen molar-refractivity contribution in [2.45, 2.75) is 18.0 Å². The van der Waals surface area contributed by atoms with Crippen LogP contribution in [0.2, 0.25) is 0 Å². The Bertz CT molecular complexity index is 1770. The summed E-state index contributed by atoms with van der Waals surface area (Å²) >= 11 is 0. The SMILES string of the molecule is O=S(=O)(NCc1nc(-c2cccc(Cn3cnc4ccccc43)c2)no1)c1c[nH]c2ncccc12. The number of hydrogen-bond acceptors (Lipinski definition) is 7. The van der Waals surface area contributed by atoms with E-state index in [9.17, 15) is 8.42 Å². The molecule has 174 valence electrons. The zero-order valence-corrected chi connectivity index (χ0v) is 19.1. The number of fused-ring (bicyclic) bond motifs is 2. The first kappa shape index (κ1) is 21.2. The first-order valence-corrected chi connectivity index (χ1v) is 12.3. The van der Waals surface area contributed by atoms with Crippen LogP contribution in [0.1, 0.15) is 11.5 Å². The van der Waals surface area contributed by atoms with E-state index in [1.54, 1.807) is 18.3 Å². The van der Waals surface area contributed by atoms with Gasteiger partial charge in [-0.05, 0) is 35.9 Å². The number of pyridine rings is 1. The van der Waals surface area contributed by atoms with E-state index < -0.39 is 10.0 Å². The van der Waals surface area contributed by atoms with E-state index in [1.165, 1.54) is 6.20 Å². The molecule has 0 unspecified atom stereocenters. The minimum atomic E-state index is -3.81. The number of aromatic nitrogens is 6. The maximum absolute atomic E-state index is 12.8. The molecule has 6 aromatic rings. The van der Waals surface area contributed by atoms with Gasteiger partial charge in [0.15, 0.2) is 0 Å². The maximum atomic E-state index is 12.8. The van der Waals surface area contributed by atoms with Crippen molar-refractivity contribution in [1.29, 1.82) is 0 Å². The highest BCUT2D eigenvalue weighted by Crippen LogP contribution is 2.22. The minimum Gasteiger partial charge on any atom is -0.345 e. The van der Waals surface area contributed by atoms with Crippen LogP contribution >= 0.6 is 0 Å². The Labute approximate surface area is 199 Å². The Kier molecular flexibility index (Phi) is 5.12. The van der Waals surface area contributed by atoms with Crippen molar-refractivity contribution in [3.63, 3.8) is 0 Å². The fourth-order valence-electron chi connectivity index (χ4n) is 3.97. The summed E-state index contributed by atoms with van der Waals surface area (Å²) in [6.45, 7) is 0.501. The molecule has 0 radical (unpaired) electrons. The van der Waals surface area contributed by atoms with Crippen LogP contribution in [0.15, 0.2) is 88.8 Å². The maximum Gasteiger partial charge on any atom is 0.243 e. The minimum absolute atomic E-state index is 0.111. The van der Waals surface area contributed by atoms with Crippen LogP contribution in [0, 0.1) is 0 Å². The molecule has 2 aromatic carbocycles. The van der Waals surface area contributed by atoms with Crippen molar-refractivity contribution in [2.24, 2.45) is 0 Å². The van der Waals surface area contributed by atoms with E-state index >= 15 is 0 Å². The largest absolute Gasteiger partial charge is 0.345 e. The fraction of sp³-hybridized carbons (Fsp3) is 0.0833. The van der Waals surface area contributed by atoms with Gasteiger partial charge in [-0.25, -0.2) is 23.1 Å². The first-order chi connectivity index (χ1) is 17.1. The molecule has 2 N–H and O–H groups in total. The fourth-order valence-corrected chi connectivity index (χ4v) is 5.11. The highest BCUT2D eigenvalue weighted by molar-refractivity contribution is 7.89. The second-order valence-corrected chi connectivity index (χ2v) is 9.69. The standard InChI is InChI=1S/C24H19N7O3S/c32-35(33,21-12-26-24-18(21)7-4-10-25-24)28-13-22-29-23(30-34-22)17-6-3-5-16(11-17)14-31-15-27-19-8-1-2-9-20(19)31/h1-12,15,28H,13-14H2,(H,25,26). The van der Waals surface area contributed by atoms with Gasteiger partial charge in [-0.3, -0.25) is 0 Å². The molecule has 4 aromatic heterocycles. The summed E-state index contributed by atoms with van der Waals surface area (Å²) in [6, 6.07) is 19.1. The molecule has 11 heteroatoms. The molecule has 0 fully saturated rings. The molecule has 0 saturated carbocycles. The van der Waals surface area contributed by atoms with Gasteiger partial charge in [-0.2, -0.15) is 4.98 Å². The lowest BCUT2D eigenvalue weighted by Crippen LogP contribution is -2.23. The summed E-state index contributed by atoms with van der Waals surface area (Å²) in [4.78, 5) is 15.9. The molecular weight excluding hydrogens is 466 g/mol. The Hall–Kier alpha value is -4.35. The van der Waals surface area contributed by atoms with E-state index in [4.69, 9.17) is 4.52 Å². The second kappa shape index (κ2) is 8.46. The van der Waals surface area contributed by atoms with Crippen LogP contribution < -0.4 is 4.72 Å². The number of nitrogens with one attached hydrogen (secondary N) is 2. The van der Waals surface area contributed by atoms with E-state index in [2.05, 4.69) is 34.4 Å². The van der Waals surface area contributed by atoms with Crippen LogP contribution in [0.4, 0.5) is 0 Å². The van der Waals surface area contributed by atoms with E-state index in [1.807, 2.05) is 54.9 Å². The highest BCUT2D eigenvalue weighted by atomic mass is 32.2. The van der Waals surface area contributed by atoms with Crippen LogP contribution in [-0.4, -0.2) is 38.1 Å². The van der Waals surface area contributed by atoms with Crippen molar-refractivity contribution in [2.75, 3.05) is 0 Å². The van der Waals surface area contributed by atoms with Crippen LogP contribution in [-0.2, 0) is 23.1 Å². The summed E-state index contributed by atoms with van der Waals surface area (Å²) in [5, 5.41) is 4.54. The topological polar surface area (TPSA) is 132 Å². The molecule has 0 aliphatic heterocycles. The smallest absolute Gasteiger partial charge is 0.243 e. The molecule has 0 aliphatic rings. The van der Waals surface area contributed by atoms with Gasteiger partial charge in [-0.15, -0.1) is 0 Å². The average Bonchev–Trinajstić information content (AvgIpc) is 3.62. The number of aromatic amines is 1. The van der Waals surface area contributed by atoms with Crippen LogP contribution in [0.25, 0.3) is 33.5 Å². The average molecular weight is 486 g/mol. The number of imidazole rings is 1. The third-order valence-electron chi connectivity index (χ3n) is 5.65. The molecular formula is C24H19N7O3S. The molecule has 10 nitrogen and oxygen atoms in total. The molecule has 35 heavy (non-hydrogen) atoms. The first-order valence-electron chi connectivity index (χ1n) is 10.8. The van der Waals surface area contributed by atoms with E-state index in [0.29, 0.717) is 23.4 Å². The lowest BCUT2D eigenvalue weighted by Gasteiger charge is -2.06. The van der Waals surface area contributed by atoms with Gasteiger partial charge >= 0.3 is 0 Å². The van der Waals surface area contributed by atoms with Crippen LogP contribution in [0.5, 0.6) is 0 Å². The highest BCUT2D eigenvalue weighted by Gasteiger charge is 2.20. The van der Waals surface area contributed by atoms with Gasteiger partial charge in [0.1, 0.15) is 10.5 Å². The van der Waals surface area contributed by atoms with Crippen molar-refractivity contribution < 1.29 is 12.9 Å². The summed E-state index contributed by atoms with van der Waals surface area (Å²) in [6.07, 6.45) is 4.82. The number of benzene rings is 2. The Morgan fingerprint density at radius 3 is 2.89 bits per heavy atom. The van der Waals surface area contributed by atoms with Gasteiger partial charge in [-0.1, -0.05) is 35.5 Å². The molecule has 0 spiro atoms. The van der Waals surface area contributed by atoms with Crippen molar-refractivity contribution in [1.82, 2.24) is 34.4 Å². The van der Waals surface area contributed by atoms with Crippen LogP contribution in [0.3, 0.4) is 0 Å². The number of para-hydroxylation sites is 2. The lowest BCUT2D eigenvalue weighted by molar-refractivity contribution is 0.376. The van der Waals surface area contributed by atoms with Crippen molar-refractivity contribution >= 4 is 32.1 Å². The predicted molar refractivity (Wildman–Crippen MR) is 129 cm³/mol. The monoisotopic (exact) mass is 485 g/mol. The molecule has 0 bridgehead atoms. The second-order valence-electron chi connectivity index (χ2n) is 7.95. The zero-order chi connectivity index (χ0) is 23.8. The van der Waals surface area contributed by atoms with E-state index in [-0.39, 0.29) is 17.3 Å². The third kappa shape index (κ3) is 4.07. The zero-order valence-electron chi connectivity index (χ0n) is 18.3. The Morgan fingerprint density at radius 1 is 1.03 bits per heavy atom. The third-order valence-corrected chi connectivity index (χ3v) is 7.09. The number of hydrogen-bond donors (Lipinski definition) is 2. The van der Waals surface area contributed by atoms with Gasteiger partial charge in [0.2, 0.25) is 21.7 Å².